The van der Waals surface area contributed by atoms with Crippen molar-refractivity contribution in [1.29, 1.82) is 0 Å². The van der Waals surface area contributed by atoms with E-state index >= 15 is 0 Å². The van der Waals surface area contributed by atoms with Crippen molar-refractivity contribution in [3.05, 3.63) is 89.6 Å². The maximum Gasteiger partial charge on any atom is 0.335 e. The third kappa shape index (κ3) is 5.38. The van der Waals surface area contributed by atoms with Gasteiger partial charge >= 0.3 is 5.97 Å². The van der Waals surface area contributed by atoms with Crippen LogP contribution < -0.4 is 5.32 Å². The lowest BCUT2D eigenvalue weighted by Gasteiger charge is -2.09. The molecule has 0 aliphatic heterocycles. The maximum absolute atomic E-state index is 12.4. The highest BCUT2D eigenvalue weighted by Gasteiger charge is 2.15. The van der Waals surface area contributed by atoms with Crippen LogP contribution in [0.15, 0.2) is 72.9 Å². The van der Waals surface area contributed by atoms with Crippen molar-refractivity contribution in [3.63, 3.8) is 0 Å². The van der Waals surface area contributed by atoms with E-state index in [4.69, 9.17) is 0 Å². The fourth-order valence-electron chi connectivity index (χ4n) is 4.26. The van der Waals surface area contributed by atoms with Crippen molar-refractivity contribution in [2.75, 3.05) is 6.54 Å². The molecule has 0 unspecified atom stereocenters. The van der Waals surface area contributed by atoms with Crippen LogP contribution in [0.1, 0.15) is 58.9 Å². The Labute approximate surface area is 204 Å². The summed E-state index contributed by atoms with van der Waals surface area (Å²) in [5, 5.41) is 23.7. The van der Waals surface area contributed by atoms with Crippen molar-refractivity contribution in [1.82, 2.24) is 9.88 Å². The van der Waals surface area contributed by atoms with E-state index in [0.717, 1.165) is 29.3 Å². The number of carboxylic acid groups (broad SMARTS) is 1. The van der Waals surface area contributed by atoms with Gasteiger partial charge in [0.2, 0.25) is 0 Å². The molecule has 35 heavy (non-hydrogen) atoms. The van der Waals surface area contributed by atoms with Crippen molar-refractivity contribution < 1.29 is 19.8 Å². The average molecular weight is 471 g/mol. The summed E-state index contributed by atoms with van der Waals surface area (Å²) in [6, 6.07) is 19.9. The number of fused-ring (bicyclic) bond motifs is 1. The first-order chi connectivity index (χ1) is 16.8. The van der Waals surface area contributed by atoms with Crippen LogP contribution in [-0.4, -0.2) is 33.2 Å². The smallest absolute Gasteiger partial charge is 0.335 e. The minimum Gasteiger partial charge on any atom is -0.507 e. The quantitative estimate of drug-likeness (QED) is 0.260. The molecule has 4 aromatic rings. The summed E-state index contributed by atoms with van der Waals surface area (Å²) in [6.45, 7) is 5.46. The lowest BCUT2D eigenvalue weighted by atomic mass is 10.0. The number of phenols is 1. The number of amides is 1. The predicted octanol–water partition coefficient (Wildman–Crippen LogP) is 6.05. The molecule has 0 saturated carbocycles. The van der Waals surface area contributed by atoms with E-state index in [0.29, 0.717) is 30.1 Å². The van der Waals surface area contributed by atoms with Gasteiger partial charge in [0.05, 0.1) is 5.56 Å². The zero-order chi connectivity index (χ0) is 24.9. The second-order valence-electron chi connectivity index (χ2n) is 9.03. The van der Waals surface area contributed by atoms with Gasteiger partial charge in [0.15, 0.2) is 0 Å². The highest BCUT2D eigenvalue weighted by atomic mass is 16.4. The zero-order valence-electron chi connectivity index (χ0n) is 20.0. The number of benzene rings is 3. The first-order valence-electron chi connectivity index (χ1n) is 11.9. The molecule has 0 bridgehead atoms. The number of nitrogens with zero attached hydrogens (tertiary/aromatic N) is 1. The molecule has 0 spiro atoms. The molecule has 3 N–H and O–H groups in total. The van der Waals surface area contributed by atoms with E-state index in [2.05, 4.69) is 19.2 Å². The van der Waals surface area contributed by atoms with Crippen molar-refractivity contribution in [2.24, 2.45) is 0 Å². The van der Waals surface area contributed by atoms with Crippen LogP contribution >= 0.6 is 0 Å². The Morgan fingerprint density at radius 3 is 2.31 bits per heavy atom. The predicted molar refractivity (Wildman–Crippen MR) is 138 cm³/mol. The Hall–Kier alpha value is -4.06. The molecule has 0 radical (unpaired) electrons. The first kappa shape index (κ1) is 24.1. The molecule has 0 aliphatic rings. The van der Waals surface area contributed by atoms with Crippen LogP contribution in [0.4, 0.5) is 0 Å². The number of aromatic carboxylic acids is 1. The Bertz CT molecular complexity index is 1350. The van der Waals surface area contributed by atoms with Crippen LogP contribution in [0.2, 0.25) is 0 Å². The number of rotatable bonds is 9. The molecule has 3 aromatic carbocycles. The number of aromatic nitrogens is 1. The van der Waals surface area contributed by atoms with E-state index in [1.807, 2.05) is 47.2 Å². The van der Waals surface area contributed by atoms with Gasteiger partial charge in [-0.3, -0.25) is 4.79 Å². The number of nitrogens with one attached hydrogen (secondary N) is 1. The summed E-state index contributed by atoms with van der Waals surface area (Å²) >= 11 is 0. The van der Waals surface area contributed by atoms with Crippen LogP contribution in [-0.2, 0) is 6.54 Å². The fraction of sp³-hybridized carbons (Fsp3) is 0.241. The number of carbonyl (C=O) groups excluding carboxylic acids is 1. The van der Waals surface area contributed by atoms with E-state index in [1.165, 1.54) is 5.56 Å². The molecule has 4 rings (SSSR count). The topological polar surface area (TPSA) is 91.6 Å². The normalized spacial score (nSPS) is 11.2. The number of carboxylic acids is 1. The summed E-state index contributed by atoms with van der Waals surface area (Å²) in [4.78, 5) is 24.0. The Balaban J connectivity index is 1.44. The number of aryl methyl sites for hydroxylation is 1. The first-order valence-corrected chi connectivity index (χ1v) is 11.9. The van der Waals surface area contributed by atoms with Gasteiger partial charge in [0.25, 0.3) is 5.91 Å². The van der Waals surface area contributed by atoms with Crippen LogP contribution in [0, 0.1) is 0 Å². The summed E-state index contributed by atoms with van der Waals surface area (Å²) in [7, 11) is 0. The van der Waals surface area contributed by atoms with E-state index in [9.17, 15) is 19.8 Å². The minimum absolute atomic E-state index is 0.0836. The standard InChI is InChI=1S/C29H30N2O4/c1-19(2)20-9-11-21(12-10-20)28(33)30-15-5-6-16-31-18-25(24-7-3-4-8-27(24)32)23-14-13-22(29(34)35)17-26(23)31/h3-4,7-14,17-19,32H,5-6,15-16H2,1-2H3,(H,30,33)(H,34,35). The second-order valence-corrected chi connectivity index (χ2v) is 9.03. The van der Waals surface area contributed by atoms with Crippen LogP contribution in [0.25, 0.3) is 22.0 Å². The summed E-state index contributed by atoms with van der Waals surface area (Å²) in [6.07, 6.45) is 3.54. The van der Waals surface area contributed by atoms with Crippen molar-refractivity contribution in [2.45, 2.75) is 39.2 Å². The van der Waals surface area contributed by atoms with Gasteiger partial charge < -0.3 is 20.1 Å². The fourth-order valence-corrected chi connectivity index (χ4v) is 4.26. The van der Waals surface area contributed by atoms with E-state index in [-0.39, 0.29) is 17.2 Å². The third-order valence-electron chi connectivity index (χ3n) is 6.27. The van der Waals surface area contributed by atoms with Gasteiger partial charge in [-0.15, -0.1) is 0 Å². The van der Waals surface area contributed by atoms with Gasteiger partial charge in [-0.1, -0.05) is 50.2 Å². The van der Waals surface area contributed by atoms with E-state index in [1.54, 1.807) is 30.3 Å². The molecule has 1 amide bonds. The number of unbranched alkanes of at least 4 members (excludes halogenated alkanes) is 1. The van der Waals surface area contributed by atoms with Crippen LogP contribution in [0.3, 0.4) is 0 Å². The van der Waals surface area contributed by atoms with Crippen molar-refractivity contribution >= 4 is 22.8 Å². The van der Waals surface area contributed by atoms with Gasteiger partial charge in [-0.05, 0) is 54.7 Å². The second kappa shape index (κ2) is 10.5. The highest BCUT2D eigenvalue weighted by Crippen LogP contribution is 2.36. The number of hydrogen-bond acceptors (Lipinski definition) is 3. The van der Waals surface area contributed by atoms with Gasteiger partial charge in [0, 0.05) is 46.9 Å². The Morgan fingerprint density at radius 2 is 1.63 bits per heavy atom. The van der Waals surface area contributed by atoms with Crippen molar-refractivity contribution in [3.8, 4) is 16.9 Å². The lowest BCUT2D eigenvalue weighted by Crippen LogP contribution is -2.24. The van der Waals surface area contributed by atoms with Gasteiger partial charge in [0.1, 0.15) is 5.75 Å². The number of carbonyl (C=O) groups is 2. The maximum atomic E-state index is 12.4. The van der Waals surface area contributed by atoms with Crippen LogP contribution in [0.5, 0.6) is 5.75 Å². The molecular formula is C29H30N2O4. The average Bonchev–Trinajstić information content (AvgIpc) is 3.21. The van der Waals surface area contributed by atoms with E-state index < -0.39 is 5.97 Å². The Morgan fingerprint density at radius 1 is 0.914 bits per heavy atom. The highest BCUT2D eigenvalue weighted by molar-refractivity contribution is 6.01. The Kier molecular flexibility index (Phi) is 7.20. The monoisotopic (exact) mass is 470 g/mol. The SMILES string of the molecule is CC(C)c1ccc(C(=O)NCCCCn2cc(-c3ccccc3O)c3ccc(C(=O)O)cc32)cc1. The summed E-state index contributed by atoms with van der Waals surface area (Å²) in [5.41, 5.74) is 4.44. The molecule has 1 aromatic heterocycles. The summed E-state index contributed by atoms with van der Waals surface area (Å²) < 4.78 is 2.02. The number of hydrogen-bond donors (Lipinski definition) is 3. The van der Waals surface area contributed by atoms with Gasteiger partial charge in [-0.2, -0.15) is 0 Å². The molecule has 6 heteroatoms. The largest absolute Gasteiger partial charge is 0.507 e. The lowest BCUT2D eigenvalue weighted by molar-refractivity contribution is 0.0696. The number of para-hydroxylation sites is 1. The zero-order valence-corrected chi connectivity index (χ0v) is 20.0. The van der Waals surface area contributed by atoms with Gasteiger partial charge in [-0.25, -0.2) is 4.79 Å². The molecule has 6 nitrogen and oxygen atoms in total. The number of phenolic OH excluding ortho intramolecular Hbond substituents is 1. The molecule has 0 fully saturated rings. The summed E-state index contributed by atoms with van der Waals surface area (Å²) in [5.74, 6) is -0.458. The molecule has 0 aliphatic carbocycles. The molecular weight excluding hydrogens is 440 g/mol. The molecule has 180 valence electrons. The molecule has 0 saturated heterocycles. The third-order valence-corrected chi connectivity index (χ3v) is 6.27. The molecule has 1 heterocycles. The number of aromatic hydroxyl groups is 1. The molecule has 0 atom stereocenters. The minimum atomic E-state index is -0.979.